The average Bonchev–Trinajstić information content (AvgIpc) is 3.97. The lowest BCUT2D eigenvalue weighted by Gasteiger charge is -2.27. The third kappa shape index (κ3) is 4.99. The van der Waals surface area contributed by atoms with Crippen LogP contribution in [0.4, 0.5) is 17.1 Å². The Bertz CT molecular complexity index is 3520. The molecule has 3 aromatic heterocycles. The first-order valence-corrected chi connectivity index (χ1v) is 20.5. The molecule has 3 nitrogen and oxygen atoms in total. The number of para-hydroxylation sites is 4. The SMILES string of the molecule is c1ccc(N(c2ccc3c4ccccc4n(-c4ccccc4)c3c2)c2ccc(-c3ccccc3-c3cccc4sc5ccccc5c34)c3oc4ccccc4c23)cc1. The van der Waals surface area contributed by atoms with E-state index in [-0.39, 0.29) is 0 Å². The van der Waals surface area contributed by atoms with Gasteiger partial charge in [-0.25, -0.2) is 0 Å². The van der Waals surface area contributed by atoms with Crippen molar-refractivity contribution < 1.29 is 4.42 Å². The van der Waals surface area contributed by atoms with E-state index in [1.807, 2.05) is 11.3 Å². The number of hydrogen-bond donors (Lipinski definition) is 0. The van der Waals surface area contributed by atoms with Gasteiger partial charge >= 0.3 is 0 Å². The molecule has 9 aromatic carbocycles. The van der Waals surface area contributed by atoms with E-state index in [1.54, 1.807) is 0 Å². The zero-order valence-electron chi connectivity index (χ0n) is 31.3. The van der Waals surface area contributed by atoms with Gasteiger partial charge in [0.1, 0.15) is 11.2 Å². The largest absolute Gasteiger partial charge is 0.455 e. The van der Waals surface area contributed by atoms with E-state index in [4.69, 9.17) is 4.42 Å². The second-order valence-electron chi connectivity index (χ2n) is 14.8. The number of nitrogens with zero attached hydrogens (tertiary/aromatic N) is 2. The lowest BCUT2D eigenvalue weighted by atomic mass is 9.91. The number of benzene rings is 9. The van der Waals surface area contributed by atoms with Crippen LogP contribution < -0.4 is 4.90 Å². The van der Waals surface area contributed by atoms with Crippen LogP contribution in [0.5, 0.6) is 0 Å². The van der Waals surface area contributed by atoms with Crippen molar-refractivity contribution in [3.8, 4) is 27.9 Å². The van der Waals surface area contributed by atoms with E-state index in [2.05, 4.69) is 216 Å². The lowest BCUT2D eigenvalue weighted by Crippen LogP contribution is -2.10. The molecule has 0 spiro atoms. The van der Waals surface area contributed by atoms with Crippen molar-refractivity contribution >= 4 is 92.3 Å². The molecule has 0 aliphatic carbocycles. The summed E-state index contributed by atoms with van der Waals surface area (Å²) in [7, 11) is 0. The number of anilines is 3. The van der Waals surface area contributed by atoms with Gasteiger partial charge in [-0.3, -0.25) is 0 Å². The van der Waals surface area contributed by atoms with Gasteiger partial charge in [-0.2, -0.15) is 0 Å². The number of rotatable bonds is 6. The van der Waals surface area contributed by atoms with Gasteiger partial charge in [-0.15, -0.1) is 11.3 Å². The molecular weight excluding hydrogens is 725 g/mol. The van der Waals surface area contributed by atoms with Crippen LogP contribution in [0, 0.1) is 0 Å². The van der Waals surface area contributed by atoms with Gasteiger partial charge in [0.05, 0.1) is 22.1 Å². The maximum atomic E-state index is 6.99. The van der Waals surface area contributed by atoms with Crippen LogP contribution in [-0.2, 0) is 0 Å². The van der Waals surface area contributed by atoms with Crippen molar-refractivity contribution in [1.82, 2.24) is 4.57 Å². The summed E-state index contributed by atoms with van der Waals surface area (Å²) in [5, 5.41) is 7.20. The second-order valence-corrected chi connectivity index (χ2v) is 15.9. The molecule has 0 fully saturated rings. The van der Waals surface area contributed by atoms with Crippen molar-refractivity contribution in [1.29, 1.82) is 0 Å². The number of hydrogen-bond acceptors (Lipinski definition) is 3. The molecule has 272 valence electrons. The van der Waals surface area contributed by atoms with Crippen LogP contribution in [0.25, 0.3) is 91.9 Å². The van der Waals surface area contributed by atoms with Crippen LogP contribution in [-0.4, -0.2) is 4.57 Å². The van der Waals surface area contributed by atoms with E-state index >= 15 is 0 Å². The molecule has 0 aliphatic rings. The smallest absolute Gasteiger partial charge is 0.145 e. The molecule has 0 atom stereocenters. The van der Waals surface area contributed by atoms with Gasteiger partial charge in [0.25, 0.3) is 0 Å². The molecule has 0 radical (unpaired) electrons. The van der Waals surface area contributed by atoms with E-state index in [9.17, 15) is 0 Å². The molecule has 3 heterocycles. The Morgan fingerprint density at radius 1 is 0.397 bits per heavy atom. The van der Waals surface area contributed by atoms with Gasteiger partial charge in [-0.1, -0.05) is 133 Å². The van der Waals surface area contributed by atoms with Gasteiger partial charge < -0.3 is 13.9 Å². The maximum absolute atomic E-state index is 6.99. The van der Waals surface area contributed by atoms with Crippen LogP contribution >= 0.6 is 11.3 Å². The summed E-state index contributed by atoms with van der Waals surface area (Å²) in [5.41, 5.74) is 13.0. The van der Waals surface area contributed by atoms with Crippen molar-refractivity contribution in [2.45, 2.75) is 0 Å². The first-order valence-electron chi connectivity index (χ1n) is 19.7. The van der Waals surface area contributed by atoms with Gasteiger partial charge in [0.2, 0.25) is 0 Å². The monoisotopic (exact) mass is 758 g/mol. The highest BCUT2D eigenvalue weighted by atomic mass is 32.1. The van der Waals surface area contributed by atoms with E-state index in [0.29, 0.717) is 0 Å². The predicted molar refractivity (Wildman–Crippen MR) is 247 cm³/mol. The Kier molecular flexibility index (Phi) is 7.40. The van der Waals surface area contributed by atoms with E-state index in [1.165, 1.54) is 47.6 Å². The van der Waals surface area contributed by atoms with Crippen molar-refractivity contribution in [2.24, 2.45) is 0 Å². The zero-order valence-corrected chi connectivity index (χ0v) is 32.2. The Balaban J connectivity index is 1.12. The summed E-state index contributed by atoms with van der Waals surface area (Å²) < 4.78 is 12.0. The molecule has 0 N–H and O–H groups in total. The lowest BCUT2D eigenvalue weighted by molar-refractivity contribution is 0.670. The summed E-state index contributed by atoms with van der Waals surface area (Å²) in [6.07, 6.45) is 0. The summed E-state index contributed by atoms with van der Waals surface area (Å²) in [5.74, 6) is 0. The van der Waals surface area contributed by atoms with Crippen molar-refractivity contribution in [3.63, 3.8) is 0 Å². The third-order valence-electron chi connectivity index (χ3n) is 11.6. The van der Waals surface area contributed by atoms with E-state index in [0.717, 1.165) is 61.3 Å². The summed E-state index contributed by atoms with van der Waals surface area (Å²) in [6.45, 7) is 0. The van der Waals surface area contributed by atoms with Crippen LogP contribution in [0.2, 0.25) is 0 Å². The number of furan rings is 1. The average molecular weight is 759 g/mol. The molecule has 0 saturated heterocycles. The molecule has 0 aliphatic heterocycles. The van der Waals surface area contributed by atoms with Crippen molar-refractivity contribution in [3.05, 3.63) is 206 Å². The normalized spacial score (nSPS) is 11.8. The first-order chi connectivity index (χ1) is 28.8. The first kappa shape index (κ1) is 32.8. The highest BCUT2D eigenvalue weighted by molar-refractivity contribution is 7.25. The fourth-order valence-corrected chi connectivity index (χ4v) is 10.3. The molecule has 0 bridgehead atoms. The number of aromatic nitrogens is 1. The quantitative estimate of drug-likeness (QED) is 0.168. The fraction of sp³-hybridized carbons (Fsp3) is 0. The molecule has 12 rings (SSSR count). The molecular formula is C54H34N2OS. The topological polar surface area (TPSA) is 21.3 Å². The van der Waals surface area contributed by atoms with Gasteiger partial charge in [-0.05, 0) is 89.5 Å². The Labute approximate surface area is 338 Å². The molecule has 0 amide bonds. The van der Waals surface area contributed by atoms with E-state index < -0.39 is 0 Å². The Morgan fingerprint density at radius 2 is 1.03 bits per heavy atom. The highest BCUT2D eigenvalue weighted by Crippen LogP contribution is 2.49. The zero-order chi connectivity index (χ0) is 38.2. The minimum atomic E-state index is 0.863. The standard InChI is InChI=1S/C54H34N2OS/c1-3-16-35(17-4-1)55(37-30-31-41-40-22-9-12-26-46(40)56(48(41)34-37)36-18-5-2-6-19-36)47-33-32-43(54-53(47)44-23-10-13-27-49(44)57-54)39-21-8-7-20-38(39)42-25-15-29-51-52(42)45-24-11-14-28-50(45)58-51/h1-34H. The second kappa shape index (κ2) is 13.1. The Morgan fingerprint density at radius 3 is 1.88 bits per heavy atom. The van der Waals surface area contributed by atoms with Gasteiger partial charge in [0.15, 0.2) is 0 Å². The molecule has 12 aromatic rings. The van der Waals surface area contributed by atoms with Crippen molar-refractivity contribution in [2.75, 3.05) is 4.90 Å². The van der Waals surface area contributed by atoms with Crippen LogP contribution in [0.15, 0.2) is 211 Å². The molecule has 0 unspecified atom stereocenters. The summed E-state index contributed by atoms with van der Waals surface area (Å²) >= 11 is 1.85. The fourth-order valence-electron chi connectivity index (χ4n) is 9.12. The minimum absolute atomic E-state index is 0.863. The van der Waals surface area contributed by atoms with Crippen LogP contribution in [0.3, 0.4) is 0 Å². The third-order valence-corrected chi connectivity index (χ3v) is 12.7. The highest BCUT2D eigenvalue weighted by Gasteiger charge is 2.25. The summed E-state index contributed by atoms with van der Waals surface area (Å²) in [4.78, 5) is 2.39. The summed E-state index contributed by atoms with van der Waals surface area (Å²) in [6, 6.07) is 74.2. The van der Waals surface area contributed by atoms with Gasteiger partial charge in [0, 0.05) is 59.0 Å². The molecule has 0 saturated carbocycles. The maximum Gasteiger partial charge on any atom is 0.145 e. The Hall–Kier alpha value is -7.40. The molecule has 58 heavy (non-hydrogen) atoms. The number of thiophene rings is 1. The minimum Gasteiger partial charge on any atom is -0.455 e. The molecule has 4 heteroatoms. The number of fused-ring (bicyclic) bond motifs is 9. The van der Waals surface area contributed by atoms with Crippen LogP contribution in [0.1, 0.15) is 0 Å². The predicted octanol–water partition coefficient (Wildman–Crippen LogP) is 15.9.